The minimum Gasteiger partial charge on any atom is -0.381 e. The first-order valence-electron chi connectivity index (χ1n) is 10.1. The molecular formula is C23H33N3O. The smallest absolute Gasteiger partial charge is 0.251 e. The summed E-state index contributed by atoms with van der Waals surface area (Å²) in [7, 11) is 0. The second-order valence-corrected chi connectivity index (χ2v) is 6.70. The molecule has 0 spiro atoms. The molecule has 2 aromatic carbocycles. The predicted molar refractivity (Wildman–Crippen MR) is 114 cm³/mol. The normalized spacial score (nSPS) is 10.8. The highest BCUT2D eigenvalue weighted by Gasteiger charge is 2.07. The first kappa shape index (κ1) is 21.0. The summed E-state index contributed by atoms with van der Waals surface area (Å²) in [5.41, 5.74) is 4.29. The minimum atomic E-state index is 0.00496. The number of aryl methyl sites for hydroxylation is 1. The molecule has 0 atom stereocenters. The first-order chi connectivity index (χ1) is 13.2. The zero-order chi connectivity index (χ0) is 19.5. The molecule has 0 heterocycles. The summed E-state index contributed by atoms with van der Waals surface area (Å²) in [6, 6.07) is 16.2. The lowest BCUT2D eigenvalue weighted by Gasteiger charge is -2.17. The van der Waals surface area contributed by atoms with Crippen LogP contribution in [-0.4, -0.2) is 37.0 Å². The average molecular weight is 368 g/mol. The van der Waals surface area contributed by atoms with E-state index in [-0.39, 0.29) is 5.91 Å². The highest BCUT2D eigenvalue weighted by molar-refractivity contribution is 5.94. The predicted octanol–water partition coefficient (Wildman–Crippen LogP) is 4.32. The fourth-order valence-electron chi connectivity index (χ4n) is 3.17. The van der Waals surface area contributed by atoms with Gasteiger partial charge in [0, 0.05) is 24.3 Å². The van der Waals surface area contributed by atoms with Gasteiger partial charge in [-0.15, -0.1) is 0 Å². The lowest BCUT2D eigenvalue weighted by molar-refractivity contribution is 0.0951. The Labute approximate surface area is 164 Å². The summed E-state index contributed by atoms with van der Waals surface area (Å²) in [6.45, 7) is 11.0. The topological polar surface area (TPSA) is 44.4 Å². The second-order valence-electron chi connectivity index (χ2n) is 6.70. The van der Waals surface area contributed by atoms with Crippen molar-refractivity contribution in [1.29, 1.82) is 0 Å². The molecule has 4 heteroatoms. The fourth-order valence-corrected chi connectivity index (χ4v) is 3.17. The number of amides is 1. The summed E-state index contributed by atoms with van der Waals surface area (Å²) in [6.07, 6.45) is 1.97. The van der Waals surface area contributed by atoms with Crippen LogP contribution in [0.4, 0.5) is 5.69 Å². The maximum atomic E-state index is 12.4. The van der Waals surface area contributed by atoms with Gasteiger partial charge in [-0.3, -0.25) is 4.79 Å². The van der Waals surface area contributed by atoms with Crippen LogP contribution >= 0.6 is 0 Å². The van der Waals surface area contributed by atoms with E-state index < -0.39 is 0 Å². The van der Waals surface area contributed by atoms with E-state index in [4.69, 9.17) is 0 Å². The molecule has 1 amide bonds. The molecule has 27 heavy (non-hydrogen) atoms. The summed E-state index contributed by atoms with van der Waals surface area (Å²) < 4.78 is 0. The number of para-hydroxylation sites is 1. The first-order valence-corrected chi connectivity index (χ1v) is 10.1. The monoisotopic (exact) mass is 367 g/mol. The Morgan fingerprint density at radius 3 is 2.52 bits per heavy atom. The Morgan fingerprint density at radius 1 is 1.00 bits per heavy atom. The molecule has 0 aliphatic carbocycles. The van der Waals surface area contributed by atoms with Crippen LogP contribution in [0.25, 0.3) is 0 Å². The van der Waals surface area contributed by atoms with Gasteiger partial charge in [-0.1, -0.05) is 51.1 Å². The molecule has 0 saturated heterocycles. The van der Waals surface area contributed by atoms with Gasteiger partial charge in [0.25, 0.3) is 5.91 Å². The van der Waals surface area contributed by atoms with Crippen molar-refractivity contribution in [2.75, 3.05) is 31.5 Å². The van der Waals surface area contributed by atoms with E-state index in [1.54, 1.807) is 0 Å². The van der Waals surface area contributed by atoms with E-state index in [0.717, 1.165) is 49.3 Å². The molecule has 0 unspecified atom stereocenters. The Hall–Kier alpha value is -2.33. The maximum absolute atomic E-state index is 12.4. The van der Waals surface area contributed by atoms with Crippen molar-refractivity contribution in [2.45, 2.75) is 40.2 Å². The highest BCUT2D eigenvalue weighted by Crippen LogP contribution is 2.17. The number of hydrogen-bond donors (Lipinski definition) is 2. The van der Waals surface area contributed by atoms with Crippen molar-refractivity contribution in [3.05, 3.63) is 65.2 Å². The van der Waals surface area contributed by atoms with Crippen LogP contribution in [0.1, 0.15) is 48.7 Å². The standard InChI is InChI=1S/C23H33N3O/c1-4-20-12-7-8-14-22(20)25-18-19-11-9-13-21(17-19)23(27)24-15-10-16-26(5-2)6-3/h7-9,11-14,17,25H,4-6,10,15-16,18H2,1-3H3,(H,24,27). The van der Waals surface area contributed by atoms with Crippen molar-refractivity contribution in [3.63, 3.8) is 0 Å². The molecule has 0 aromatic heterocycles. The van der Waals surface area contributed by atoms with E-state index in [9.17, 15) is 4.79 Å². The average Bonchev–Trinajstić information content (AvgIpc) is 2.72. The summed E-state index contributed by atoms with van der Waals surface area (Å²) >= 11 is 0. The minimum absolute atomic E-state index is 0.00496. The Bertz CT molecular complexity index is 710. The molecule has 2 N–H and O–H groups in total. The van der Waals surface area contributed by atoms with E-state index >= 15 is 0 Å². The Kier molecular flexibility index (Phi) is 8.85. The van der Waals surface area contributed by atoms with Crippen molar-refractivity contribution in [3.8, 4) is 0 Å². The molecule has 0 bridgehead atoms. The van der Waals surface area contributed by atoms with Crippen molar-refractivity contribution in [1.82, 2.24) is 10.2 Å². The molecule has 2 aromatic rings. The molecule has 2 rings (SSSR count). The van der Waals surface area contributed by atoms with Crippen molar-refractivity contribution >= 4 is 11.6 Å². The zero-order valence-corrected chi connectivity index (χ0v) is 16.9. The third kappa shape index (κ3) is 6.72. The van der Waals surface area contributed by atoms with Gasteiger partial charge in [-0.2, -0.15) is 0 Å². The number of rotatable bonds is 11. The van der Waals surface area contributed by atoms with E-state index in [2.05, 4.69) is 60.6 Å². The number of anilines is 1. The molecule has 0 aliphatic rings. The number of carbonyl (C=O) groups is 1. The maximum Gasteiger partial charge on any atom is 0.251 e. The molecule has 4 nitrogen and oxygen atoms in total. The van der Waals surface area contributed by atoms with Crippen LogP contribution < -0.4 is 10.6 Å². The van der Waals surface area contributed by atoms with Crippen LogP contribution in [0.3, 0.4) is 0 Å². The SMILES string of the molecule is CCc1ccccc1NCc1cccc(C(=O)NCCCN(CC)CC)c1. The number of carbonyl (C=O) groups excluding carboxylic acids is 1. The molecular weight excluding hydrogens is 334 g/mol. The second kappa shape index (κ2) is 11.4. The number of nitrogens with one attached hydrogen (secondary N) is 2. The van der Waals surface area contributed by atoms with Gasteiger partial charge in [-0.25, -0.2) is 0 Å². The van der Waals surface area contributed by atoms with Gasteiger partial charge in [0.2, 0.25) is 0 Å². The lowest BCUT2D eigenvalue weighted by Crippen LogP contribution is -2.29. The van der Waals surface area contributed by atoms with Crippen LogP contribution in [-0.2, 0) is 13.0 Å². The third-order valence-electron chi connectivity index (χ3n) is 4.90. The van der Waals surface area contributed by atoms with E-state index in [1.807, 2.05) is 24.3 Å². The third-order valence-corrected chi connectivity index (χ3v) is 4.90. The van der Waals surface area contributed by atoms with Gasteiger partial charge in [0.05, 0.1) is 0 Å². The van der Waals surface area contributed by atoms with E-state index in [0.29, 0.717) is 13.1 Å². The molecule has 0 fully saturated rings. The van der Waals surface area contributed by atoms with Gasteiger partial charge >= 0.3 is 0 Å². The molecule has 0 saturated carbocycles. The molecule has 146 valence electrons. The van der Waals surface area contributed by atoms with Gasteiger partial charge in [0.1, 0.15) is 0 Å². The van der Waals surface area contributed by atoms with Gasteiger partial charge in [0.15, 0.2) is 0 Å². The Balaban J connectivity index is 1.86. The quantitative estimate of drug-likeness (QED) is 0.581. The largest absolute Gasteiger partial charge is 0.381 e. The summed E-state index contributed by atoms with van der Waals surface area (Å²) in [5, 5.41) is 6.52. The summed E-state index contributed by atoms with van der Waals surface area (Å²) in [4.78, 5) is 14.8. The van der Waals surface area contributed by atoms with Crippen LogP contribution in [0.2, 0.25) is 0 Å². The van der Waals surface area contributed by atoms with Crippen LogP contribution in [0.15, 0.2) is 48.5 Å². The lowest BCUT2D eigenvalue weighted by atomic mass is 10.1. The highest BCUT2D eigenvalue weighted by atomic mass is 16.1. The molecule has 0 radical (unpaired) electrons. The van der Waals surface area contributed by atoms with Gasteiger partial charge in [-0.05, 0) is 61.8 Å². The van der Waals surface area contributed by atoms with E-state index in [1.165, 1.54) is 5.56 Å². The van der Waals surface area contributed by atoms with Gasteiger partial charge < -0.3 is 15.5 Å². The van der Waals surface area contributed by atoms with Crippen molar-refractivity contribution < 1.29 is 4.79 Å². The zero-order valence-electron chi connectivity index (χ0n) is 16.9. The summed E-state index contributed by atoms with van der Waals surface area (Å²) in [5.74, 6) is 0.00496. The number of benzene rings is 2. The van der Waals surface area contributed by atoms with Crippen LogP contribution in [0, 0.1) is 0 Å². The fraction of sp³-hybridized carbons (Fsp3) is 0.435. The Morgan fingerprint density at radius 2 is 1.78 bits per heavy atom. The number of nitrogens with zero attached hydrogens (tertiary/aromatic N) is 1. The van der Waals surface area contributed by atoms with Crippen molar-refractivity contribution in [2.24, 2.45) is 0 Å². The number of hydrogen-bond acceptors (Lipinski definition) is 3. The molecule has 0 aliphatic heterocycles. The van der Waals surface area contributed by atoms with Crippen LogP contribution in [0.5, 0.6) is 0 Å².